The fourth-order valence-corrected chi connectivity index (χ4v) is 2.19. The van der Waals surface area contributed by atoms with Crippen LogP contribution in [0.4, 0.5) is 5.95 Å². The summed E-state index contributed by atoms with van der Waals surface area (Å²) in [7, 11) is 2.01. The molecule has 4 nitrogen and oxygen atoms in total. The van der Waals surface area contributed by atoms with Crippen molar-refractivity contribution >= 4 is 17.5 Å². The second-order valence-electron chi connectivity index (χ2n) is 4.27. The van der Waals surface area contributed by atoms with E-state index < -0.39 is 0 Å². The van der Waals surface area contributed by atoms with Crippen molar-refractivity contribution in [1.82, 2.24) is 15.3 Å². The van der Waals surface area contributed by atoms with Crippen molar-refractivity contribution in [1.29, 1.82) is 0 Å². The molecule has 1 unspecified atom stereocenters. The molecule has 0 aromatic carbocycles. The summed E-state index contributed by atoms with van der Waals surface area (Å²) in [6.07, 6.45) is 4.23. The smallest absolute Gasteiger partial charge is 0.226 e. The van der Waals surface area contributed by atoms with Crippen molar-refractivity contribution < 1.29 is 0 Å². The molecule has 88 valence electrons. The summed E-state index contributed by atoms with van der Waals surface area (Å²) in [5, 5.41) is 3.91. The van der Waals surface area contributed by atoms with Gasteiger partial charge in [-0.25, -0.2) is 9.97 Å². The summed E-state index contributed by atoms with van der Waals surface area (Å²) in [5.74, 6) is 1.39. The molecule has 1 aromatic heterocycles. The average molecular weight is 241 g/mol. The van der Waals surface area contributed by atoms with Gasteiger partial charge in [0.25, 0.3) is 0 Å². The number of nitrogens with one attached hydrogen (secondary N) is 1. The van der Waals surface area contributed by atoms with Crippen molar-refractivity contribution in [3.63, 3.8) is 0 Å². The van der Waals surface area contributed by atoms with Gasteiger partial charge in [-0.3, -0.25) is 0 Å². The Morgan fingerprint density at radius 2 is 2.50 bits per heavy atom. The van der Waals surface area contributed by atoms with Crippen molar-refractivity contribution in [3.05, 3.63) is 17.4 Å². The Bertz CT molecular complexity index is 339. The number of piperidine rings is 1. The highest BCUT2D eigenvalue weighted by Crippen LogP contribution is 2.15. The molecule has 0 radical (unpaired) electrons. The van der Waals surface area contributed by atoms with Crippen LogP contribution in [-0.2, 0) is 0 Å². The largest absolute Gasteiger partial charge is 0.344 e. The average Bonchev–Trinajstić information content (AvgIpc) is 2.30. The van der Waals surface area contributed by atoms with Crippen LogP contribution in [0.2, 0.25) is 5.15 Å². The van der Waals surface area contributed by atoms with Crippen LogP contribution in [0.5, 0.6) is 0 Å². The Labute approximate surface area is 101 Å². The highest BCUT2D eigenvalue weighted by Gasteiger charge is 2.16. The summed E-state index contributed by atoms with van der Waals surface area (Å²) >= 11 is 5.84. The number of rotatable bonds is 3. The van der Waals surface area contributed by atoms with E-state index in [0.29, 0.717) is 17.0 Å². The molecular weight excluding hydrogens is 224 g/mol. The molecule has 2 rings (SSSR count). The van der Waals surface area contributed by atoms with Crippen LogP contribution < -0.4 is 10.2 Å². The zero-order valence-electron chi connectivity index (χ0n) is 9.49. The second-order valence-corrected chi connectivity index (χ2v) is 4.66. The maximum absolute atomic E-state index is 5.84. The molecule has 1 aliphatic heterocycles. The van der Waals surface area contributed by atoms with E-state index in [-0.39, 0.29) is 0 Å². The predicted octanol–water partition coefficient (Wildman–Crippen LogP) is 1.57. The van der Waals surface area contributed by atoms with Crippen LogP contribution in [0.3, 0.4) is 0 Å². The molecule has 5 heteroatoms. The van der Waals surface area contributed by atoms with Crippen LogP contribution in [0.25, 0.3) is 0 Å². The van der Waals surface area contributed by atoms with Crippen molar-refractivity contribution in [2.45, 2.75) is 12.8 Å². The Morgan fingerprint density at radius 1 is 1.62 bits per heavy atom. The van der Waals surface area contributed by atoms with Crippen LogP contribution in [0.15, 0.2) is 12.3 Å². The summed E-state index contributed by atoms with van der Waals surface area (Å²) < 4.78 is 0. The minimum Gasteiger partial charge on any atom is -0.344 e. The molecule has 0 saturated carbocycles. The molecule has 1 N–H and O–H groups in total. The van der Waals surface area contributed by atoms with Crippen LogP contribution in [0, 0.1) is 5.92 Å². The standard InChI is InChI=1S/C11H17ClN4/c1-16(8-9-3-2-5-13-7-9)11-14-6-4-10(12)15-11/h4,6,9,13H,2-3,5,7-8H2,1H3. The van der Waals surface area contributed by atoms with Crippen molar-refractivity contribution in [3.8, 4) is 0 Å². The lowest BCUT2D eigenvalue weighted by atomic mass is 9.99. The minimum absolute atomic E-state index is 0.499. The lowest BCUT2D eigenvalue weighted by Crippen LogP contribution is -2.37. The Balaban J connectivity index is 1.94. The normalized spacial score (nSPS) is 20.8. The van der Waals surface area contributed by atoms with E-state index in [4.69, 9.17) is 11.6 Å². The summed E-state index contributed by atoms with van der Waals surface area (Å²) in [5.41, 5.74) is 0. The van der Waals surface area contributed by atoms with Gasteiger partial charge in [0.05, 0.1) is 0 Å². The van der Waals surface area contributed by atoms with Gasteiger partial charge in [0.15, 0.2) is 0 Å². The maximum atomic E-state index is 5.84. The predicted molar refractivity (Wildman–Crippen MR) is 65.9 cm³/mol. The molecular formula is C11H17ClN4. The third-order valence-electron chi connectivity index (χ3n) is 2.88. The summed E-state index contributed by atoms with van der Waals surface area (Å²) in [4.78, 5) is 10.5. The van der Waals surface area contributed by atoms with E-state index >= 15 is 0 Å². The third kappa shape index (κ3) is 3.06. The number of hydrogen-bond acceptors (Lipinski definition) is 4. The highest BCUT2D eigenvalue weighted by atomic mass is 35.5. The fourth-order valence-electron chi connectivity index (χ4n) is 2.06. The summed E-state index contributed by atoms with van der Waals surface area (Å²) in [6, 6.07) is 1.70. The lowest BCUT2D eigenvalue weighted by Gasteiger charge is -2.27. The topological polar surface area (TPSA) is 41.0 Å². The number of hydrogen-bond donors (Lipinski definition) is 1. The molecule has 16 heavy (non-hydrogen) atoms. The quantitative estimate of drug-likeness (QED) is 0.815. The van der Waals surface area contributed by atoms with Crippen LogP contribution in [0.1, 0.15) is 12.8 Å². The first-order valence-electron chi connectivity index (χ1n) is 5.66. The SMILES string of the molecule is CN(CC1CCCNC1)c1nccc(Cl)n1. The number of aromatic nitrogens is 2. The first-order valence-corrected chi connectivity index (χ1v) is 6.04. The van der Waals surface area contributed by atoms with E-state index in [9.17, 15) is 0 Å². The van der Waals surface area contributed by atoms with Crippen molar-refractivity contribution in [2.75, 3.05) is 31.6 Å². The monoisotopic (exact) mass is 240 g/mol. The first kappa shape index (κ1) is 11.6. The molecule has 1 atom stereocenters. The lowest BCUT2D eigenvalue weighted by molar-refractivity contribution is 0.380. The Hall–Kier alpha value is -0.870. The Morgan fingerprint density at radius 3 is 3.19 bits per heavy atom. The molecule has 1 fully saturated rings. The molecule has 1 saturated heterocycles. The molecule has 0 amide bonds. The van der Waals surface area contributed by atoms with Crippen LogP contribution in [-0.4, -0.2) is 36.6 Å². The molecule has 0 bridgehead atoms. The van der Waals surface area contributed by atoms with Gasteiger partial charge in [0.2, 0.25) is 5.95 Å². The van der Waals surface area contributed by atoms with Gasteiger partial charge < -0.3 is 10.2 Å². The Kier molecular flexibility index (Phi) is 3.96. The zero-order valence-corrected chi connectivity index (χ0v) is 10.2. The second kappa shape index (κ2) is 5.46. The molecule has 0 aliphatic carbocycles. The van der Waals surface area contributed by atoms with Gasteiger partial charge in [0, 0.05) is 19.8 Å². The third-order valence-corrected chi connectivity index (χ3v) is 3.09. The van der Waals surface area contributed by atoms with E-state index in [1.54, 1.807) is 12.3 Å². The van der Waals surface area contributed by atoms with Gasteiger partial charge in [-0.15, -0.1) is 0 Å². The van der Waals surface area contributed by atoms with E-state index in [1.165, 1.54) is 12.8 Å². The van der Waals surface area contributed by atoms with Gasteiger partial charge in [-0.05, 0) is 37.9 Å². The van der Waals surface area contributed by atoms with E-state index in [2.05, 4.69) is 20.2 Å². The molecule has 1 aromatic rings. The van der Waals surface area contributed by atoms with Gasteiger partial charge in [-0.2, -0.15) is 0 Å². The fraction of sp³-hybridized carbons (Fsp3) is 0.636. The van der Waals surface area contributed by atoms with Gasteiger partial charge in [0.1, 0.15) is 5.15 Å². The van der Waals surface area contributed by atoms with Gasteiger partial charge in [-0.1, -0.05) is 11.6 Å². The number of nitrogens with zero attached hydrogens (tertiary/aromatic N) is 3. The van der Waals surface area contributed by atoms with Crippen LogP contribution >= 0.6 is 11.6 Å². The minimum atomic E-state index is 0.499. The molecule has 1 aliphatic rings. The zero-order chi connectivity index (χ0) is 11.4. The highest BCUT2D eigenvalue weighted by molar-refractivity contribution is 6.29. The number of halogens is 1. The van der Waals surface area contributed by atoms with E-state index in [0.717, 1.165) is 19.6 Å². The van der Waals surface area contributed by atoms with Crippen molar-refractivity contribution in [2.24, 2.45) is 5.92 Å². The summed E-state index contributed by atoms with van der Waals surface area (Å²) in [6.45, 7) is 3.21. The van der Waals surface area contributed by atoms with Gasteiger partial charge >= 0.3 is 0 Å². The maximum Gasteiger partial charge on any atom is 0.226 e. The number of anilines is 1. The first-order chi connectivity index (χ1) is 7.75. The van der Waals surface area contributed by atoms with E-state index in [1.807, 2.05) is 7.05 Å². The molecule has 2 heterocycles. The molecule has 0 spiro atoms.